The van der Waals surface area contributed by atoms with Crippen LogP contribution in [0, 0.1) is 5.82 Å². The van der Waals surface area contributed by atoms with E-state index < -0.39 is 17.8 Å². The number of nitrogens with zero attached hydrogens (tertiary/aromatic N) is 2. The molecule has 1 amide bonds. The molecule has 0 aliphatic heterocycles. The smallest absolute Gasteiger partial charge is 0.255 e. The van der Waals surface area contributed by atoms with E-state index >= 15 is 0 Å². The fraction of sp³-hybridized carbons (Fsp3) is 0.158. The molecule has 7 heteroatoms. The van der Waals surface area contributed by atoms with Gasteiger partial charge < -0.3 is 14.6 Å². The van der Waals surface area contributed by atoms with Crippen LogP contribution in [0.25, 0.3) is 0 Å². The normalized spacial score (nSPS) is 11.8. The number of benzene rings is 2. The number of aromatic nitrogens is 2. The summed E-state index contributed by atoms with van der Waals surface area (Å²) in [5.74, 6) is -0.0683. The van der Waals surface area contributed by atoms with Gasteiger partial charge in [-0.1, -0.05) is 29.8 Å². The van der Waals surface area contributed by atoms with Crippen molar-refractivity contribution in [2.24, 2.45) is 7.05 Å². The number of amides is 1. The molecule has 1 atom stereocenters. The highest BCUT2D eigenvalue weighted by molar-refractivity contribution is 6.30. The van der Waals surface area contributed by atoms with E-state index in [4.69, 9.17) is 16.3 Å². The van der Waals surface area contributed by atoms with Crippen LogP contribution in [0.2, 0.25) is 5.02 Å². The average molecular weight is 374 g/mol. The van der Waals surface area contributed by atoms with Gasteiger partial charge in [0, 0.05) is 30.0 Å². The summed E-state index contributed by atoms with van der Waals surface area (Å²) in [6.07, 6.45) is 3.40. The standard InChI is InChI=1S/C19H17ClFN3O2/c1-24-10-9-22-18(24)17(14-5-3-4-6-16(14)26-2)23-19(25)13-8-7-12(20)11-15(13)21/h3-11,17H,1-2H3,(H,23,25)/t17-/m1/s1. The van der Waals surface area contributed by atoms with E-state index in [0.29, 0.717) is 17.1 Å². The van der Waals surface area contributed by atoms with E-state index in [0.717, 1.165) is 6.07 Å². The lowest BCUT2D eigenvalue weighted by molar-refractivity contribution is 0.0936. The molecule has 0 saturated heterocycles. The van der Waals surface area contributed by atoms with Crippen molar-refractivity contribution in [3.63, 3.8) is 0 Å². The van der Waals surface area contributed by atoms with Gasteiger partial charge >= 0.3 is 0 Å². The lowest BCUT2D eigenvalue weighted by Gasteiger charge is -2.21. The number of hydrogen-bond acceptors (Lipinski definition) is 3. The van der Waals surface area contributed by atoms with E-state index in [1.165, 1.54) is 12.1 Å². The van der Waals surface area contributed by atoms with Crippen LogP contribution < -0.4 is 10.1 Å². The number of hydrogen-bond donors (Lipinski definition) is 1. The molecule has 1 N–H and O–H groups in total. The maximum absolute atomic E-state index is 14.1. The van der Waals surface area contributed by atoms with Crippen molar-refractivity contribution in [1.29, 1.82) is 0 Å². The SMILES string of the molecule is COc1ccccc1[C@@H](NC(=O)c1ccc(Cl)cc1F)c1nccn1C. The number of carbonyl (C=O) groups is 1. The fourth-order valence-corrected chi connectivity index (χ4v) is 2.88. The summed E-state index contributed by atoms with van der Waals surface area (Å²) >= 11 is 5.76. The number of aryl methyl sites for hydroxylation is 1. The average Bonchev–Trinajstić information content (AvgIpc) is 3.05. The van der Waals surface area contributed by atoms with Crippen molar-refractivity contribution in [2.45, 2.75) is 6.04 Å². The summed E-state index contributed by atoms with van der Waals surface area (Å²) in [6.45, 7) is 0. The zero-order valence-corrected chi connectivity index (χ0v) is 15.0. The third-order valence-corrected chi connectivity index (χ3v) is 4.25. The molecular formula is C19H17ClFN3O2. The molecule has 3 aromatic rings. The Morgan fingerprint density at radius 1 is 1.31 bits per heavy atom. The molecule has 1 aromatic heterocycles. The second-order valence-electron chi connectivity index (χ2n) is 5.67. The molecular weight excluding hydrogens is 357 g/mol. The van der Waals surface area contributed by atoms with Crippen molar-refractivity contribution < 1.29 is 13.9 Å². The van der Waals surface area contributed by atoms with Crippen LogP contribution in [0.1, 0.15) is 27.8 Å². The van der Waals surface area contributed by atoms with Crippen LogP contribution in [-0.4, -0.2) is 22.6 Å². The van der Waals surface area contributed by atoms with E-state index in [1.807, 2.05) is 25.2 Å². The molecule has 0 saturated carbocycles. The van der Waals surface area contributed by atoms with E-state index in [9.17, 15) is 9.18 Å². The maximum atomic E-state index is 14.1. The van der Waals surface area contributed by atoms with Crippen LogP contribution in [-0.2, 0) is 7.05 Å². The van der Waals surface area contributed by atoms with Gasteiger partial charge in [0.1, 0.15) is 23.4 Å². The number of para-hydroxylation sites is 1. The summed E-state index contributed by atoms with van der Waals surface area (Å²) in [6, 6.07) is 10.6. The van der Waals surface area contributed by atoms with Crippen LogP contribution in [0.3, 0.4) is 0 Å². The molecule has 2 aromatic carbocycles. The Bertz CT molecular complexity index is 942. The Labute approximate surface area is 155 Å². The molecule has 0 spiro atoms. The monoisotopic (exact) mass is 373 g/mol. The molecule has 1 heterocycles. The number of methoxy groups -OCH3 is 1. The third kappa shape index (κ3) is 3.55. The van der Waals surface area contributed by atoms with Crippen molar-refractivity contribution in [3.8, 4) is 5.75 Å². The predicted octanol–water partition coefficient (Wildman–Crippen LogP) is 3.74. The predicted molar refractivity (Wildman–Crippen MR) is 96.9 cm³/mol. The molecule has 26 heavy (non-hydrogen) atoms. The Morgan fingerprint density at radius 2 is 2.08 bits per heavy atom. The highest BCUT2D eigenvalue weighted by Gasteiger charge is 2.25. The largest absolute Gasteiger partial charge is 0.496 e. The zero-order valence-electron chi connectivity index (χ0n) is 14.2. The molecule has 0 aliphatic rings. The van der Waals surface area contributed by atoms with Crippen molar-refractivity contribution in [2.75, 3.05) is 7.11 Å². The second-order valence-corrected chi connectivity index (χ2v) is 6.11. The Kier molecular flexibility index (Phi) is 5.23. The molecule has 0 bridgehead atoms. The minimum absolute atomic E-state index is 0.0940. The third-order valence-electron chi connectivity index (χ3n) is 4.02. The van der Waals surface area contributed by atoms with Gasteiger partial charge in [-0.3, -0.25) is 4.79 Å². The van der Waals surface area contributed by atoms with E-state index in [1.54, 1.807) is 30.1 Å². The van der Waals surface area contributed by atoms with Gasteiger partial charge in [0.2, 0.25) is 0 Å². The van der Waals surface area contributed by atoms with Crippen molar-refractivity contribution >= 4 is 17.5 Å². The highest BCUT2D eigenvalue weighted by atomic mass is 35.5. The second kappa shape index (κ2) is 7.58. The quantitative estimate of drug-likeness (QED) is 0.741. The molecule has 0 unspecified atom stereocenters. The minimum atomic E-state index is -0.686. The maximum Gasteiger partial charge on any atom is 0.255 e. The van der Waals surface area contributed by atoms with Gasteiger partial charge in [0.15, 0.2) is 0 Å². The first-order valence-corrected chi connectivity index (χ1v) is 8.25. The zero-order chi connectivity index (χ0) is 18.7. The van der Waals surface area contributed by atoms with Gasteiger partial charge in [-0.05, 0) is 24.3 Å². The number of imidazole rings is 1. The van der Waals surface area contributed by atoms with Gasteiger partial charge in [-0.15, -0.1) is 0 Å². The Hall–Kier alpha value is -2.86. The first-order valence-electron chi connectivity index (χ1n) is 7.87. The topological polar surface area (TPSA) is 56.1 Å². The first-order chi connectivity index (χ1) is 12.5. The Balaban J connectivity index is 2.02. The Morgan fingerprint density at radius 3 is 2.73 bits per heavy atom. The van der Waals surface area contributed by atoms with Gasteiger partial charge in [-0.2, -0.15) is 0 Å². The summed E-state index contributed by atoms with van der Waals surface area (Å²) in [4.78, 5) is 17.0. The summed E-state index contributed by atoms with van der Waals surface area (Å²) in [7, 11) is 3.37. The minimum Gasteiger partial charge on any atom is -0.496 e. The van der Waals surface area contributed by atoms with Crippen LogP contribution in [0.5, 0.6) is 5.75 Å². The van der Waals surface area contributed by atoms with E-state index in [2.05, 4.69) is 10.3 Å². The van der Waals surface area contributed by atoms with Crippen LogP contribution in [0.15, 0.2) is 54.9 Å². The van der Waals surface area contributed by atoms with Crippen LogP contribution in [0.4, 0.5) is 4.39 Å². The lowest BCUT2D eigenvalue weighted by atomic mass is 10.0. The van der Waals surface area contributed by atoms with Crippen molar-refractivity contribution in [1.82, 2.24) is 14.9 Å². The summed E-state index contributed by atoms with van der Waals surface area (Å²) < 4.78 is 21.3. The van der Waals surface area contributed by atoms with Crippen LogP contribution >= 0.6 is 11.6 Å². The van der Waals surface area contributed by atoms with Crippen molar-refractivity contribution in [3.05, 3.63) is 82.6 Å². The number of nitrogens with one attached hydrogen (secondary N) is 1. The molecule has 0 fully saturated rings. The van der Waals surface area contributed by atoms with E-state index in [-0.39, 0.29) is 10.6 Å². The molecule has 5 nitrogen and oxygen atoms in total. The van der Waals surface area contributed by atoms with Gasteiger partial charge in [0.25, 0.3) is 5.91 Å². The number of rotatable bonds is 5. The summed E-state index contributed by atoms with van der Waals surface area (Å²) in [5.41, 5.74) is 0.621. The molecule has 0 aliphatic carbocycles. The number of carbonyl (C=O) groups excluding carboxylic acids is 1. The first kappa shape index (κ1) is 17.9. The highest BCUT2D eigenvalue weighted by Crippen LogP contribution is 2.29. The molecule has 134 valence electrons. The molecule has 3 rings (SSSR count). The number of halogens is 2. The van der Waals surface area contributed by atoms with Gasteiger partial charge in [-0.25, -0.2) is 9.37 Å². The number of ether oxygens (including phenoxy) is 1. The fourth-order valence-electron chi connectivity index (χ4n) is 2.72. The van der Waals surface area contributed by atoms with Gasteiger partial charge in [0.05, 0.1) is 12.7 Å². The lowest BCUT2D eigenvalue weighted by Crippen LogP contribution is -2.32. The summed E-state index contributed by atoms with van der Waals surface area (Å²) in [5, 5.41) is 3.07. The molecule has 0 radical (unpaired) electrons.